The van der Waals surface area contributed by atoms with E-state index in [9.17, 15) is 9.59 Å². The van der Waals surface area contributed by atoms with E-state index in [2.05, 4.69) is 10.3 Å². The van der Waals surface area contributed by atoms with Crippen molar-refractivity contribution < 1.29 is 14.3 Å². The van der Waals surface area contributed by atoms with Gasteiger partial charge in [-0.2, -0.15) is 4.98 Å². The lowest BCUT2D eigenvalue weighted by Gasteiger charge is -2.13. The molecule has 1 fully saturated rings. The number of ether oxygens (including phenoxy) is 2. The van der Waals surface area contributed by atoms with E-state index in [0.717, 1.165) is 0 Å². The minimum atomic E-state index is -0.499. The minimum absolute atomic E-state index is 0.200. The highest BCUT2D eigenvalue weighted by molar-refractivity contribution is 6.03. The van der Waals surface area contributed by atoms with E-state index >= 15 is 0 Å². The van der Waals surface area contributed by atoms with E-state index < -0.39 is 11.9 Å². The Bertz CT molecular complexity index is 744. The number of carbonyl (C=O) groups excluding carboxylic acids is 1. The molecule has 7 heteroatoms. The van der Waals surface area contributed by atoms with Gasteiger partial charge in [-0.3, -0.25) is 9.36 Å². The van der Waals surface area contributed by atoms with Crippen LogP contribution in [-0.2, 0) is 9.47 Å². The third-order valence-electron chi connectivity index (χ3n) is 3.48. The lowest BCUT2D eigenvalue weighted by molar-refractivity contribution is -0.0731. The number of hydrogen-bond donors (Lipinski definition) is 1. The van der Waals surface area contributed by atoms with Crippen molar-refractivity contribution >= 4 is 11.7 Å². The zero-order valence-corrected chi connectivity index (χ0v) is 12.6. The fourth-order valence-electron chi connectivity index (χ4n) is 2.28. The summed E-state index contributed by atoms with van der Waals surface area (Å²) in [6.07, 6.45) is 1.47. The maximum atomic E-state index is 12.1. The zero-order chi connectivity index (χ0) is 16.2. The number of rotatable bonds is 4. The van der Waals surface area contributed by atoms with Crippen LogP contribution in [-0.4, -0.2) is 28.4 Å². The van der Waals surface area contributed by atoms with Crippen molar-refractivity contribution in [2.75, 3.05) is 11.9 Å². The second-order valence-corrected chi connectivity index (χ2v) is 5.08. The van der Waals surface area contributed by atoms with Gasteiger partial charge in [0.05, 0.1) is 6.61 Å². The molecule has 1 saturated heterocycles. The molecule has 0 unspecified atom stereocenters. The number of benzene rings is 1. The van der Waals surface area contributed by atoms with Gasteiger partial charge in [-0.15, -0.1) is 0 Å². The molecule has 1 aromatic carbocycles. The monoisotopic (exact) mass is 315 g/mol. The first-order chi connectivity index (χ1) is 11.2. The van der Waals surface area contributed by atoms with Crippen LogP contribution in [0.2, 0.25) is 0 Å². The van der Waals surface area contributed by atoms with Crippen LogP contribution in [0.4, 0.5) is 5.82 Å². The lowest BCUT2D eigenvalue weighted by Crippen LogP contribution is -2.29. The number of aromatic nitrogens is 2. The highest BCUT2D eigenvalue weighted by atomic mass is 16.7. The second-order valence-electron chi connectivity index (χ2n) is 5.08. The predicted octanol–water partition coefficient (Wildman–Crippen LogP) is 1.78. The summed E-state index contributed by atoms with van der Waals surface area (Å²) in [4.78, 5) is 28.0. The number of hydrogen-bond acceptors (Lipinski definition) is 5. The third-order valence-corrected chi connectivity index (χ3v) is 3.48. The molecule has 1 N–H and O–H groups in total. The zero-order valence-electron chi connectivity index (χ0n) is 12.6. The van der Waals surface area contributed by atoms with Crippen molar-refractivity contribution in [2.24, 2.45) is 0 Å². The fraction of sp³-hybridized carbons (Fsp3) is 0.312. The van der Waals surface area contributed by atoms with Gasteiger partial charge in [0.1, 0.15) is 5.82 Å². The van der Waals surface area contributed by atoms with Crippen molar-refractivity contribution in [2.45, 2.75) is 25.9 Å². The molecule has 2 aromatic rings. The van der Waals surface area contributed by atoms with Gasteiger partial charge in [0.2, 0.25) is 0 Å². The van der Waals surface area contributed by atoms with E-state index in [1.807, 2.05) is 13.0 Å². The molecule has 120 valence electrons. The Morgan fingerprint density at radius 3 is 2.78 bits per heavy atom. The van der Waals surface area contributed by atoms with Gasteiger partial charge in [0.15, 0.2) is 12.5 Å². The van der Waals surface area contributed by atoms with Crippen LogP contribution >= 0.6 is 0 Å². The second kappa shape index (κ2) is 6.72. The van der Waals surface area contributed by atoms with Crippen LogP contribution in [0, 0.1) is 0 Å². The average Bonchev–Trinajstić information content (AvgIpc) is 3.04. The lowest BCUT2D eigenvalue weighted by atomic mass is 10.2. The van der Waals surface area contributed by atoms with Gasteiger partial charge >= 0.3 is 5.69 Å². The van der Waals surface area contributed by atoms with Crippen molar-refractivity contribution in [3.05, 3.63) is 58.6 Å². The molecule has 1 amide bonds. The molecule has 0 bridgehead atoms. The molecule has 1 aliphatic heterocycles. The summed E-state index contributed by atoms with van der Waals surface area (Å²) < 4.78 is 12.3. The highest BCUT2D eigenvalue weighted by Crippen LogP contribution is 2.21. The van der Waals surface area contributed by atoms with Gasteiger partial charge in [-0.25, -0.2) is 4.79 Å². The number of nitrogens with zero attached hydrogens (tertiary/aromatic N) is 2. The molecule has 1 aliphatic rings. The van der Waals surface area contributed by atoms with Gasteiger partial charge < -0.3 is 14.8 Å². The molecule has 0 aliphatic carbocycles. The van der Waals surface area contributed by atoms with Crippen LogP contribution in [0.3, 0.4) is 0 Å². The molecule has 2 atom stereocenters. The largest absolute Gasteiger partial charge is 0.351 e. The van der Waals surface area contributed by atoms with Gasteiger partial charge in [-0.05, 0) is 24.6 Å². The van der Waals surface area contributed by atoms with Crippen LogP contribution < -0.4 is 11.0 Å². The SMILES string of the molecule is CC[C@H]1OC[C@@H](n2ccc(NC(=O)c3ccccc3)nc2=O)O1. The van der Waals surface area contributed by atoms with E-state index in [1.54, 1.807) is 36.5 Å². The summed E-state index contributed by atoms with van der Waals surface area (Å²) in [6, 6.07) is 10.3. The van der Waals surface area contributed by atoms with Crippen molar-refractivity contribution in [3.8, 4) is 0 Å². The fourth-order valence-corrected chi connectivity index (χ4v) is 2.28. The number of nitrogens with one attached hydrogen (secondary N) is 1. The number of anilines is 1. The van der Waals surface area contributed by atoms with E-state index in [1.165, 1.54) is 4.57 Å². The van der Waals surface area contributed by atoms with E-state index in [0.29, 0.717) is 18.6 Å². The summed E-state index contributed by atoms with van der Waals surface area (Å²) >= 11 is 0. The first-order valence-corrected chi connectivity index (χ1v) is 7.40. The maximum Gasteiger partial charge on any atom is 0.351 e. The smallest absolute Gasteiger partial charge is 0.348 e. The van der Waals surface area contributed by atoms with Crippen LogP contribution in [0.5, 0.6) is 0 Å². The van der Waals surface area contributed by atoms with E-state index in [-0.39, 0.29) is 18.0 Å². The van der Waals surface area contributed by atoms with Gasteiger partial charge in [-0.1, -0.05) is 25.1 Å². The van der Waals surface area contributed by atoms with Gasteiger partial charge in [0, 0.05) is 11.8 Å². The molecule has 0 spiro atoms. The maximum absolute atomic E-state index is 12.1. The standard InChI is InChI=1S/C16H17N3O4/c1-2-14-22-10-13(23-14)19-9-8-12(18-16(19)21)17-15(20)11-6-4-3-5-7-11/h3-9,13-14H,2,10H2,1H3,(H,17,18,20,21)/t13-,14-/m0/s1. The Morgan fingerprint density at radius 1 is 1.35 bits per heavy atom. The minimum Gasteiger partial charge on any atom is -0.348 e. The number of amides is 1. The number of carbonyl (C=O) groups is 1. The summed E-state index contributed by atoms with van der Waals surface area (Å²) in [5, 5.41) is 2.60. The molecule has 0 saturated carbocycles. The molecule has 2 heterocycles. The molecule has 0 radical (unpaired) electrons. The van der Waals surface area contributed by atoms with Gasteiger partial charge in [0.25, 0.3) is 5.91 Å². The van der Waals surface area contributed by atoms with E-state index in [4.69, 9.17) is 9.47 Å². The summed E-state index contributed by atoms with van der Waals surface area (Å²) in [5.74, 6) is -0.118. The van der Waals surface area contributed by atoms with Crippen molar-refractivity contribution in [1.29, 1.82) is 0 Å². The Morgan fingerprint density at radius 2 is 2.13 bits per heavy atom. The Kier molecular flexibility index (Phi) is 4.50. The molecular weight excluding hydrogens is 298 g/mol. The van der Waals surface area contributed by atoms with Crippen LogP contribution in [0.25, 0.3) is 0 Å². The first-order valence-electron chi connectivity index (χ1n) is 7.40. The van der Waals surface area contributed by atoms with Crippen molar-refractivity contribution in [1.82, 2.24) is 9.55 Å². The summed E-state index contributed by atoms with van der Waals surface area (Å²) in [6.45, 7) is 2.24. The first kappa shape index (κ1) is 15.4. The average molecular weight is 315 g/mol. The highest BCUT2D eigenvalue weighted by Gasteiger charge is 2.26. The summed E-state index contributed by atoms with van der Waals surface area (Å²) in [5.41, 5.74) is -0.00185. The molecular formula is C16H17N3O4. The third kappa shape index (κ3) is 3.46. The quantitative estimate of drug-likeness (QED) is 0.930. The Labute approximate surface area is 132 Å². The van der Waals surface area contributed by atoms with Crippen LogP contribution in [0.1, 0.15) is 29.9 Å². The molecule has 3 rings (SSSR count). The molecule has 7 nitrogen and oxygen atoms in total. The molecule has 23 heavy (non-hydrogen) atoms. The normalized spacial score (nSPS) is 20.4. The predicted molar refractivity (Wildman–Crippen MR) is 83.0 cm³/mol. The summed E-state index contributed by atoms with van der Waals surface area (Å²) in [7, 11) is 0. The molecule has 1 aromatic heterocycles. The Balaban J connectivity index is 1.72. The van der Waals surface area contributed by atoms with Crippen molar-refractivity contribution in [3.63, 3.8) is 0 Å². The Hall–Kier alpha value is -2.51. The van der Waals surface area contributed by atoms with Crippen LogP contribution in [0.15, 0.2) is 47.4 Å². The topological polar surface area (TPSA) is 82.5 Å².